The average Bonchev–Trinajstić information content (AvgIpc) is 3.01. The zero-order chi connectivity index (χ0) is 14.4. The summed E-state index contributed by atoms with van der Waals surface area (Å²) in [6.07, 6.45) is 4.65. The van der Waals surface area contributed by atoms with E-state index in [1.807, 2.05) is 7.05 Å². The van der Waals surface area contributed by atoms with Gasteiger partial charge in [0.1, 0.15) is 0 Å². The molecule has 112 valence electrons. The van der Waals surface area contributed by atoms with E-state index in [1.165, 1.54) is 12.8 Å². The molecule has 0 atom stereocenters. The molecule has 1 aliphatic rings. The maximum atomic E-state index is 4.69. The minimum Gasteiger partial charge on any atom is -0.357 e. The number of aromatic nitrogens is 3. The van der Waals surface area contributed by atoms with Gasteiger partial charge in [0.05, 0.1) is 0 Å². The number of nitrogens with one attached hydrogen (secondary N) is 1. The van der Waals surface area contributed by atoms with Gasteiger partial charge in [0.15, 0.2) is 0 Å². The van der Waals surface area contributed by atoms with E-state index in [4.69, 9.17) is 4.98 Å². The Bertz CT molecular complexity index is 410. The van der Waals surface area contributed by atoms with E-state index in [0.29, 0.717) is 5.95 Å². The van der Waals surface area contributed by atoms with E-state index in [9.17, 15) is 0 Å². The van der Waals surface area contributed by atoms with Crippen molar-refractivity contribution < 1.29 is 0 Å². The number of hydrogen-bond donors (Lipinski definition) is 1. The molecule has 1 saturated heterocycles. The highest BCUT2D eigenvalue weighted by molar-refractivity contribution is 5.45. The fourth-order valence-electron chi connectivity index (χ4n) is 2.52. The van der Waals surface area contributed by atoms with Gasteiger partial charge in [0.25, 0.3) is 0 Å². The van der Waals surface area contributed by atoms with Crippen molar-refractivity contribution in [1.82, 2.24) is 15.0 Å². The van der Waals surface area contributed by atoms with Gasteiger partial charge >= 0.3 is 0 Å². The molecule has 6 nitrogen and oxygen atoms in total. The first-order valence-electron chi connectivity index (χ1n) is 7.72. The molecule has 1 N–H and O–H groups in total. The number of anilines is 3. The van der Waals surface area contributed by atoms with E-state index in [1.54, 1.807) is 0 Å². The molecule has 0 unspecified atom stereocenters. The van der Waals surface area contributed by atoms with Gasteiger partial charge in [-0.05, 0) is 25.7 Å². The third-order valence-corrected chi connectivity index (χ3v) is 3.49. The highest BCUT2D eigenvalue weighted by Gasteiger charge is 2.19. The van der Waals surface area contributed by atoms with Gasteiger partial charge in [0.2, 0.25) is 17.8 Å². The molecule has 0 spiro atoms. The van der Waals surface area contributed by atoms with E-state index in [2.05, 4.69) is 38.9 Å². The van der Waals surface area contributed by atoms with Crippen molar-refractivity contribution in [2.45, 2.75) is 39.5 Å². The molecule has 0 amide bonds. The van der Waals surface area contributed by atoms with Crippen LogP contribution in [-0.4, -0.2) is 48.2 Å². The molecule has 2 heterocycles. The van der Waals surface area contributed by atoms with Crippen LogP contribution in [0.25, 0.3) is 0 Å². The molecular formula is C14H26N6. The predicted octanol–water partition coefficient (Wildman–Crippen LogP) is 2.14. The summed E-state index contributed by atoms with van der Waals surface area (Å²) < 4.78 is 0. The maximum Gasteiger partial charge on any atom is 0.231 e. The maximum absolute atomic E-state index is 4.69. The van der Waals surface area contributed by atoms with Gasteiger partial charge in [-0.15, -0.1) is 0 Å². The van der Waals surface area contributed by atoms with E-state index >= 15 is 0 Å². The van der Waals surface area contributed by atoms with Gasteiger partial charge in [-0.1, -0.05) is 13.8 Å². The molecule has 0 radical (unpaired) electrons. The van der Waals surface area contributed by atoms with Gasteiger partial charge in [-0.2, -0.15) is 15.0 Å². The fraction of sp³-hybridized carbons (Fsp3) is 0.786. The highest BCUT2D eigenvalue weighted by atomic mass is 15.4. The lowest BCUT2D eigenvalue weighted by Gasteiger charge is -2.23. The molecule has 0 aromatic carbocycles. The smallest absolute Gasteiger partial charge is 0.231 e. The van der Waals surface area contributed by atoms with Crippen LogP contribution in [0.3, 0.4) is 0 Å². The highest BCUT2D eigenvalue weighted by Crippen LogP contribution is 2.20. The summed E-state index contributed by atoms with van der Waals surface area (Å²) in [5, 5.41) is 3.05. The van der Waals surface area contributed by atoms with Crippen LogP contribution in [0.5, 0.6) is 0 Å². The molecule has 1 aromatic rings. The molecule has 1 aliphatic heterocycles. The lowest BCUT2D eigenvalue weighted by Crippen LogP contribution is -2.29. The molecule has 2 rings (SSSR count). The molecule has 6 heteroatoms. The summed E-state index contributed by atoms with van der Waals surface area (Å²) in [5.41, 5.74) is 0. The lowest BCUT2D eigenvalue weighted by atomic mass is 10.4. The van der Waals surface area contributed by atoms with Crippen LogP contribution >= 0.6 is 0 Å². The van der Waals surface area contributed by atoms with Crippen LogP contribution in [-0.2, 0) is 0 Å². The second-order valence-electron chi connectivity index (χ2n) is 5.19. The molecule has 1 fully saturated rings. The van der Waals surface area contributed by atoms with Crippen LogP contribution in [0.15, 0.2) is 0 Å². The minimum absolute atomic E-state index is 0.661. The summed E-state index contributed by atoms with van der Waals surface area (Å²) in [4.78, 5) is 18.2. The van der Waals surface area contributed by atoms with Crippen LogP contribution in [0.1, 0.15) is 39.5 Å². The van der Waals surface area contributed by atoms with Gasteiger partial charge in [-0.3, -0.25) is 0 Å². The summed E-state index contributed by atoms with van der Waals surface area (Å²) in [6, 6.07) is 0. The summed E-state index contributed by atoms with van der Waals surface area (Å²) in [7, 11) is 1.86. The third kappa shape index (κ3) is 3.49. The number of hydrogen-bond acceptors (Lipinski definition) is 6. The monoisotopic (exact) mass is 278 g/mol. The quantitative estimate of drug-likeness (QED) is 0.824. The number of rotatable bonds is 7. The Morgan fingerprint density at radius 3 is 2.25 bits per heavy atom. The number of nitrogens with zero attached hydrogens (tertiary/aromatic N) is 5. The van der Waals surface area contributed by atoms with Crippen molar-refractivity contribution in [3.8, 4) is 0 Å². The Labute approximate surface area is 121 Å². The van der Waals surface area contributed by atoms with E-state index in [-0.39, 0.29) is 0 Å². The first-order chi connectivity index (χ1) is 9.78. The van der Waals surface area contributed by atoms with Gasteiger partial charge in [-0.25, -0.2) is 0 Å². The van der Waals surface area contributed by atoms with Crippen LogP contribution in [0.4, 0.5) is 17.8 Å². The Balaban J connectivity index is 2.27. The lowest BCUT2D eigenvalue weighted by molar-refractivity contribution is 0.715. The molecule has 1 aromatic heterocycles. The zero-order valence-electron chi connectivity index (χ0n) is 12.9. The summed E-state index contributed by atoms with van der Waals surface area (Å²) >= 11 is 0. The van der Waals surface area contributed by atoms with Crippen molar-refractivity contribution in [3.05, 3.63) is 0 Å². The molecule has 0 aliphatic carbocycles. The van der Waals surface area contributed by atoms with Crippen molar-refractivity contribution >= 4 is 17.8 Å². The second-order valence-corrected chi connectivity index (χ2v) is 5.19. The van der Waals surface area contributed by atoms with Crippen LogP contribution in [0, 0.1) is 0 Å². The standard InChI is InChI=1S/C14H26N6/c1-4-8-19(9-5-2)13-16-12(15-3)17-14(18-13)20-10-6-7-11-20/h4-11H2,1-3H3,(H,15,16,17,18). The topological polar surface area (TPSA) is 57.2 Å². The fourth-order valence-corrected chi connectivity index (χ4v) is 2.52. The average molecular weight is 278 g/mol. The van der Waals surface area contributed by atoms with Crippen LogP contribution in [0.2, 0.25) is 0 Å². The Morgan fingerprint density at radius 1 is 1.05 bits per heavy atom. The normalized spacial score (nSPS) is 14.7. The van der Waals surface area contributed by atoms with Crippen LogP contribution < -0.4 is 15.1 Å². The van der Waals surface area contributed by atoms with E-state index < -0.39 is 0 Å². The Kier molecular flexibility index (Phi) is 5.38. The molecule has 20 heavy (non-hydrogen) atoms. The molecule has 0 bridgehead atoms. The Morgan fingerprint density at radius 2 is 1.70 bits per heavy atom. The van der Waals surface area contributed by atoms with Gasteiger partial charge in [0, 0.05) is 33.2 Å². The SMILES string of the molecule is CCCN(CCC)c1nc(NC)nc(N2CCCC2)n1. The van der Waals surface area contributed by atoms with Gasteiger partial charge < -0.3 is 15.1 Å². The minimum atomic E-state index is 0.661. The largest absolute Gasteiger partial charge is 0.357 e. The molecule has 0 saturated carbocycles. The van der Waals surface area contributed by atoms with Crippen molar-refractivity contribution in [2.24, 2.45) is 0 Å². The first-order valence-corrected chi connectivity index (χ1v) is 7.72. The molecular weight excluding hydrogens is 252 g/mol. The van der Waals surface area contributed by atoms with Crippen molar-refractivity contribution in [1.29, 1.82) is 0 Å². The third-order valence-electron chi connectivity index (χ3n) is 3.49. The summed E-state index contributed by atoms with van der Waals surface area (Å²) in [5.74, 6) is 2.28. The first kappa shape index (κ1) is 14.8. The van der Waals surface area contributed by atoms with E-state index in [0.717, 1.165) is 50.9 Å². The van der Waals surface area contributed by atoms with Crippen molar-refractivity contribution in [2.75, 3.05) is 48.3 Å². The van der Waals surface area contributed by atoms with Crippen molar-refractivity contribution in [3.63, 3.8) is 0 Å². The predicted molar refractivity (Wildman–Crippen MR) is 83.6 cm³/mol. The summed E-state index contributed by atoms with van der Waals surface area (Å²) in [6.45, 7) is 8.44. The second kappa shape index (κ2) is 7.26. The zero-order valence-corrected chi connectivity index (χ0v) is 12.9. The Hall–Kier alpha value is -1.59.